The number of hydrogen-bond donors (Lipinski definition) is 0. The number of thiophene rings is 1. The third-order valence-electron chi connectivity index (χ3n) is 1.65. The second kappa shape index (κ2) is 5.20. The van der Waals surface area contributed by atoms with E-state index in [-0.39, 0.29) is 5.91 Å². The van der Waals surface area contributed by atoms with Gasteiger partial charge in [-0.05, 0) is 17.9 Å². The first-order valence-electron chi connectivity index (χ1n) is 4.15. The molecule has 0 fully saturated rings. The molecule has 1 aromatic heterocycles. The summed E-state index contributed by atoms with van der Waals surface area (Å²) in [5.41, 5.74) is 0. The summed E-state index contributed by atoms with van der Waals surface area (Å²) in [7, 11) is 0. The predicted octanol–water partition coefficient (Wildman–Crippen LogP) is 2.25. The third kappa shape index (κ3) is 2.44. The highest BCUT2D eigenvalue weighted by Crippen LogP contribution is 2.11. The van der Waals surface area contributed by atoms with Gasteiger partial charge in [0.1, 0.15) is 0 Å². The fraction of sp³-hybridized carbons (Fsp3) is 0.200. The Morgan fingerprint density at radius 3 is 3.07 bits per heavy atom. The average molecular weight is 206 g/mol. The fourth-order valence-electron chi connectivity index (χ4n) is 0.951. The van der Waals surface area contributed by atoms with Crippen molar-refractivity contribution in [1.82, 2.24) is 4.90 Å². The minimum Gasteiger partial charge on any atom is -0.267 e. The number of carbonyl (C=O) groups is 1. The number of rotatable bonds is 4. The van der Waals surface area contributed by atoms with Crippen LogP contribution in [-0.4, -0.2) is 17.4 Å². The van der Waals surface area contributed by atoms with Crippen LogP contribution in [0, 0.1) is 11.5 Å². The van der Waals surface area contributed by atoms with Gasteiger partial charge in [-0.25, -0.2) is 4.90 Å². The fourth-order valence-corrected chi connectivity index (χ4v) is 1.62. The smallest absolute Gasteiger partial charge is 0.267 e. The van der Waals surface area contributed by atoms with E-state index >= 15 is 0 Å². The molecule has 0 saturated heterocycles. The molecule has 0 aliphatic heterocycles. The molecule has 1 amide bonds. The van der Waals surface area contributed by atoms with Gasteiger partial charge >= 0.3 is 0 Å². The summed E-state index contributed by atoms with van der Waals surface area (Å²) in [6.45, 7) is 3.94. The first-order chi connectivity index (χ1) is 6.79. The number of hydrogen-bond acceptors (Lipinski definition) is 3. The Morgan fingerprint density at radius 1 is 1.79 bits per heavy atom. The van der Waals surface area contributed by atoms with Crippen LogP contribution in [0.5, 0.6) is 0 Å². The Morgan fingerprint density at radius 2 is 2.57 bits per heavy atom. The molecular weight excluding hydrogens is 196 g/mol. The van der Waals surface area contributed by atoms with Gasteiger partial charge in [-0.3, -0.25) is 4.79 Å². The summed E-state index contributed by atoms with van der Waals surface area (Å²) in [5, 5.41) is 10.6. The lowest BCUT2D eigenvalue weighted by Gasteiger charge is -2.10. The van der Waals surface area contributed by atoms with Crippen LogP contribution in [-0.2, 0) is 0 Å². The van der Waals surface area contributed by atoms with Crippen molar-refractivity contribution in [2.75, 3.05) is 6.54 Å². The molecule has 0 radical (unpaired) electrons. The molecule has 0 aliphatic rings. The first-order valence-corrected chi connectivity index (χ1v) is 5.03. The molecule has 0 saturated carbocycles. The molecule has 72 valence electrons. The van der Waals surface area contributed by atoms with Crippen LogP contribution >= 0.6 is 11.3 Å². The van der Waals surface area contributed by atoms with E-state index in [2.05, 4.69) is 6.58 Å². The predicted molar refractivity (Wildman–Crippen MR) is 55.8 cm³/mol. The van der Waals surface area contributed by atoms with E-state index in [9.17, 15) is 4.79 Å². The number of amides is 1. The summed E-state index contributed by atoms with van der Waals surface area (Å²) in [4.78, 5) is 13.4. The molecule has 0 N–H and O–H groups in total. The van der Waals surface area contributed by atoms with Gasteiger partial charge in [-0.15, -0.1) is 17.9 Å². The van der Waals surface area contributed by atoms with Gasteiger partial charge in [0.25, 0.3) is 5.91 Å². The van der Waals surface area contributed by atoms with E-state index in [1.54, 1.807) is 18.2 Å². The van der Waals surface area contributed by atoms with Crippen LogP contribution in [0.3, 0.4) is 0 Å². The van der Waals surface area contributed by atoms with Gasteiger partial charge in [0.2, 0.25) is 0 Å². The molecule has 1 rings (SSSR count). The summed E-state index contributed by atoms with van der Waals surface area (Å²) < 4.78 is 0. The SMILES string of the molecule is C=CCCN(C#N)C(=O)c1cccs1. The standard InChI is InChI=1S/C10H10N2OS/c1-2-3-6-12(8-11)10(13)9-5-4-7-14-9/h2,4-5,7H,1,3,6H2. The minimum atomic E-state index is -0.232. The molecule has 0 spiro atoms. The molecule has 14 heavy (non-hydrogen) atoms. The highest BCUT2D eigenvalue weighted by molar-refractivity contribution is 7.12. The van der Waals surface area contributed by atoms with Crippen LogP contribution in [0.1, 0.15) is 16.1 Å². The zero-order chi connectivity index (χ0) is 10.4. The van der Waals surface area contributed by atoms with E-state index in [0.29, 0.717) is 17.8 Å². The van der Waals surface area contributed by atoms with Gasteiger partial charge in [0, 0.05) is 6.54 Å². The summed E-state index contributed by atoms with van der Waals surface area (Å²) in [5.74, 6) is -0.232. The Hall–Kier alpha value is -1.60. The van der Waals surface area contributed by atoms with Gasteiger partial charge in [0.05, 0.1) is 4.88 Å². The van der Waals surface area contributed by atoms with Crippen molar-refractivity contribution in [1.29, 1.82) is 5.26 Å². The molecule has 4 heteroatoms. The Bertz CT molecular complexity index is 351. The monoisotopic (exact) mass is 206 g/mol. The average Bonchev–Trinajstić information content (AvgIpc) is 2.71. The summed E-state index contributed by atoms with van der Waals surface area (Å²) >= 11 is 1.34. The van der Waals surface area contributed by atoms with E-state index in [1.807, 2.05) is 11.6 Å². The van der Waals surface area contributed by atoms with Crippen molar-refractivity contribution in [3.8, 4) is 6.19 Å². The zero-order valence-corrected chi connectivity index (χ0v) is 8.46. The van der Waals surface area contributed by atoms with Gasteiger partial charge in [0.15, 0.2) is 6.19 Å². The first kappa shape index (κ1) is 10.5. The molecular formula is C10H10N2OS. The zero-order valence-electron chi connectivity index (χ0n) is 7.64. The molecule has 3 nitrogen and oxygen atoms in total. The summed E-state index contributed by atoms with van der Waals surface area (Å²) in [6, 6.07) is 3.51. The van der Waals surface area contributed by atoms with Gasteiger partial charge in [-0.2, -0.15) is 5.26 Å². The van der Waals surface area contributed by atoms with Crippen molar-refractivity contribution < 1.29 is 4.79 Å². The van der Waals surface area contributed by atoms with Crippen LogP contribution in [0.2, 0.25) is 0 Å². The molecule has 0 bridgehead atoms. The molecule has 1 heterocycles. The largest absolute Gasteiger partial charge is 0.276 e. The quantitative estimate of drug-likeness (QED) is 0.431. The van der Waals surface area contributed by atoms with Gasteiger partial charge in [-0.1, -0.05) is 12.1 Å². The van der Waals surface area contributed by atoms with Crippen LogP contribution in [0.4, 0.5) is 0 Å². The van der Waals surface area contributed by atoms with Crippen LogP contribution < -0.4 is 0 Å². The topological polar surface area (TPSA) is 44.1 Å². The minimum absolute atomic E-state index is 0.232. The summed E-state index contributed by atoms with van der Waals surface area (Å²) in [6.07, 6.45) is 4.18. The lowest BCUT2D eigenvalue weighted by molar-refractivity contribution is 0.0838. The van der Waals surface area contributed by atoms with Crippen LogP contribution in [0.15, 0.2) is 30.2 Å². The Kier molecular flexibility index (Phi) is 3.89. The van der Waals surface area contributed by atoms with E-state index in [4.69, 9.17) is 5.26 Å². The maximum Gasteiger partial charge on any atom is 0.276 e. The lowest BCUT2D eigenvalue weighted by Crippen LogP contribution is -2.26. The van der Waals surface area contributed by atoms with Crippen LogP contribution in [0.25, 0.3) is 0 Å². The lowest BCUT2D eigenvalue weighted by atomic mass is 10.3. The highest BCUT2D eigenvalue weighted by Gasteiger charge is 2.14. The molecule has 1 aromatic rings. The highest BCUT2D eigenvalue weighted by atomic mass is 32.1. The molecule has 0 aromatic carbocycles. The van der Waals surface area contributed by atoms with E-state index in [1.165, 1.54) is 11.3 Å². The van der Waals surface area contributed by atoms with Crippen molar-refractivity contribution in [2.45, 2.75) is 6.42 Å². The Balaban J connectivity index is 2.67. The van der Waals surface area contributed by atoms with Gasteiger partial charge < -0.3 is 0 Å². The molecule has 0 aliphatic carbocycles. The second-order valence-electron chi connectivity index (χ2n) is 2.61. The van der Waals surface area contributed by atoms with Crippen molar-refractivity contribution >= 4 is 17.2 Å². The molecule has 0 atom stereocenters. The van der Waals surface area contributed by atoms with Crippen molar-refractivity contribution in [2.24, 2.45) is 0 Å². The molecule has 0 unspecified atom stereocenters. The van der Waals surface area contributed by atoms with E-state index in [0.717, 1.165) is 4.90 Å². The maximum absolute atomic E-state index is 11.6. The second-order valence-corrected chi connectivity index (χ2v) is 3.56. The van der Waals surface area contributed by atoms with Crippen molar-refractivity contribution in [3.63, 3.8) is 0 Å². The van der Waals surface area contributed by atoms with Crippen molar-refractivity contribution in [3.05, 3.63) is 35.0 Å². The number of nitrogens with zero attached hydrogens (tertiary/aromatic N) is 2. The number of carbonyl (C=O) groups excluding carboxylic acids is 1. The maximum atomic E-state index is 11.6. The van der Waals surface area contributed by atoms with E-state index < -0.39 is 0 Å². The Labute approximate surface area is 86.9 Å². The number of nitriles is 1. The normalized spacial score (nSPS) is 9.07. The third-order valence-corrected chi connectivity index (χ3v) is 2.51.